The van der Waals surface area contributed by atoms with E-state index < -0.39 is 11.7 Å². The van der Waals surface area contributed by atoms with Crippen molar-refractivity contribution in [3.8, 4) is 5.75 Å². The predicted molar refractivity (Wildman–Crippen MR) is 109 cm³/mol. The number of nitrogens with two attached hydrogens (primary N) is 1. The number of anilines is 1. The van der Waals surface area contributed by atoms with Crippen LogP contribution in [0.25, 0.3) is 0 Å². The molecule has 0 radical (unpaired) electrons. The summed E-state index contributed by atoms with van der Waals surface area (Å²) in [5.74, 6) is -0.929. The Morgan fingerprint density at radius 1 is 1.31 bits per heavy atom. The Kier molecular flexibility index (Phi) is 6.68. The molecule has 0 saturated carbocycles. The van der Waals surface area contributed by atoms with Crippen molar-refractivity contribution in [2.24, 2.45) is 10.7 Å². The molecule has 150 valence electrons. The maximum atomic E-state index is 13.3. The molecule has 8 nitrogen and oxygen atoms in total. The van der Waals surface area contributed by atoms with Crippen molar-refractivity contribution in [3.63, 3.8) is 0 Å². The minimum atomic E-state index is -0.574. The lowest BCUT2D eigenvalue weighted by molar-refractivity contribution is -0.118. The highest BCUT2D eigenvalue weighted by Crippen LogP contribution is 2.31. The fourth-order valence-electron chi connectivity index (χ4n) is 2.09. The van der Waals surface area contributed by atoms with E-state index in [-0.39, 0.29) is 39.2 Å². The van der Waals surface area contributed by atoms with Crippen LogP contribution in [-0.2, 0) is 4.79 Å². The molecule has 3 N–H and O–H groups in total. The van der Waals surface area contributed by atoms with Gasteiger partial charge in [0.2, 0.25) is 5.82 Å². The topological polar surface area (TPSA) is 116 Å². The Balaban J connectivity index is 1.69. The first-order valence-corrected chi connectivity index (χ1v) is 9.39. The summed E-state index contributed by atoms with van der Waals surface area (Å²) < 4.78 is 23.5. The van der Waals surface area contributed by atoms with Gasteiger partial charge in [0, 0.05) is 0 Å². The fourth-order valence-corrected chi connectivity index (χ4v) is 2.81. The average Bonchev–Trinajstić information content (AvgIpc) is 3.14. The number of carbonyl (C=O) groups is 1. The summed E-state index contributed by atoms with van der Waals surface area (Å²) in [5.41, 5.74) is 6.26. The first-order valence-electron chi connectivity index (χ1n) is 7.84. The molecule has 3 rings (SSSR count). The summed E-state index contributed by atoms with van der Waals surface area (Å²) in [4.78, 5) is 16.3. The third kappa shape index (κ3) is 5.22. The van der Waals surface area contributed by atoms with Gasteiger partial charge in [0.25, 0.3) is 5.91 Å². The predicted octanol–water partition coefficient (Wildman–Crippen LogP) is 4.33. The average molecular weight is 503 g/mol. The Hall–Kier alpha value is -2.69. The first kappa shape index (κ1) is 21.0. The molecule has 1 heterocycles. The van der Waals surface area contributed by atoms with Crippen molar-refractivity contribution >= 4 is 62.4 Å². The molecule has 0 aliphatic rings. The summed E-state index contributed by atoms with van der Waals surface area (Å²) in [6.07, 6.45) is 0. The molecule has 29 heavy (non-hydrogen) atoms. The molecule has 2 aromatic carbocycles. The van der Waals surface area contributed by atoms with Crippen molar-refractivity contribution in [2.45, 2.75) is 0 Å². The third-order valence-corrected chi connectivity index (χ3v) is 4.83. The van der Waals surface area contributed by atoms with Gasteiger partial charge < -0.3 is 15.8 Å². The van der Waals surface area contributed by atoms with Crippen molar-refractivity contribution in [1.82, 2.24) is 10.3 Å². The molecule has 1 amide bonds. The highest BCUT2D eigenvalue weighted by Gasteiger charge is 2.18. The lowest BCUT2D eigenvalue weighted by atomic mass is 10.3. The fraction of sp³-hybridized carbons (Fsp3) is 0.0588. The Labute approximate surface area is 181 Å². The van der Waals surface area contributed by atoms with E-state index >= 15 is 0 Å². The summed E-state index contributed by atoms with van der Waals surface area (Å²) >= 11 is 14.9. The van der Waals surface area contributed by atoms with Crippen molar-refractivity contribution < 1.29 is 18.6 Å². The SMILES string of the molecule is NC(=Nc1ccc(F)c(Br)c1)c1nonc1NC(=O)COc1cccc(Cl)c1Cl. The van der Waals surface area contributed by atoms with E-state index in [9.17, 15) is 9.18 Å². The number of aliphatic imine (C=N–C) groups is 1. The van der Waals surface area contributed by atoms with E-state index in [0.717, 1.165) is 0 Å². The van der Waals surface area contributed by atoms with Crippen LogP contribution < -0.4 is 15.8 Å². The van der Waals surface area contributed by atoms with Crippen molar-refractivity contribution in [1.29, 1.82) is 0 Å². The summed E-state index contributed by atoms with van der Waals surface area (Å²) in [7, 11) is 0. The highest BCUT2D eigenvalue weighted by atomic mass is 79.9. The Morgan fingerprint density at radius 3 is 2.86 bits per heavy atom. The number of hydrogen-bond donors (Lipinski definition) is 2. The van der Waals surface area contributed by atoms with Gasteiger partial charge in [0.1, 0.15) is 16.6 Å². The zero-order valence-corrected chi connectivity index (χ0v) is 17.4. The van der Waals surface area contributed by atoms with Gasteiger partial charge >= 0.3 is 0 Å². The molecule has 1 aromatic heterocycles. The zero-order chi connectivity index (χ0) is 21.0. The molecule has 0 saturated heterocycles. The van der Waals surface area contributed by atoms with E-state index in [4.69, 9.17) is 33.7 Å². The van der Waals surface area contributed by atoms with Crippen LogP contribution in [0.4, 0.5) is 15.9 Å². The normalized spacial score (nSPS) is 11.4. The van der Waals surface area contributed by atoms with Gasteiger partial charge in [-0.3, -0.25) is 4.79 Å². The monoisotopic (exact) mass is 501 g/mol. The molecule has 3 aromatic rings. The minimum absolute atomic E-state index is 0.000384. The number of aromatic nitrogens is 2. The van der Waals surface area contributed by atoms with E-state index in [0.29, 0.717) is 10.7 Å². The zero-order valence-electron chi connectivity index (χ0n) is 14.3. The molecular formula is C17H11BrCl2FN5O3. The van der Waals surface area contributed by atoms with E-state index in [2.05, 4.69) is 41.2 Å². The molecule has 0 aliphatic carbocycles. The second kappa shape index (κ2) is 9.21. The van der Waals surface area contributed by atoms with Crippen molar-refractivity contribution in [3.05, 3.63) is 62.4 Å². The highest BCUT2D eigenvalue weighted by molar-refractivity contribution is 9.10. The maximum Gasteiger partial charge on any atom is 0.263 e. The number of hydrogen-bond acceptors (Lipinski definition) is 6. The lowest BCUT2D eigenvalue weighted by Crippen LogP contribution is -2.23. The number of amides is 1. The summed E-state index contributed by atoms with van der Waals surface area (Å²) in [6.45, 7) is -0.381. The molecule has 0 aliphatic heterocycles. The van der Waals surface area contributed by atoms with Crippen LogP contribution in [0.2, 0.25) is 10.0 Å². The number of ether oxygens (including phenoxy) is 1. The number of benzene rings is 2. The molecule has 0 fully saturated rings. The summed E-state index contributed by atoms with van der Waals surface area (Å²) in [5, 5.41) is 10.1. The number of nitrogens with zero attached hydrogens (tertiary/aromatic N) is 3. The van der Waals surface area contributed by atoms with Gasteiger partial charge in [0.15, 0.2) is 18.1 Å². The summed E-state index contributed by atoms with van der Waals surface area (Å²) in [6, 6.07) is 8.85. The largest absolute Gasteiger partial charge is 0.482 e. The molecule has 0 atom stereocenters. The van der Waals surface area contributed by atoms with Crippen LogP contribution in [-0.4, -0.2) is 28.7 Å². The van der Waals surface area contributed by atoms with Gasteiger partial charge in [-0.15, -0.1) is 0 Å². The quantitative estimate of drug-likeness (QED) is 0.382. The number of carbonyl (C=O) groups excluding carboxylic acids is 1. The minimum Gasteiger partial charge on any atom is -0.482 e. The Bertz CT molecular complexity index is 1090. The smallest absolute Gasteiger partial charge is 0.263 e. The van der Waals surface area contributed by atoms with E-state index in [1.165, 1.54) is 18.2 Å². The molecule has 0 spiro atoms. The Morgan fingerprint density at radius 2 is 2.10 bits per heavy atom. The van der Waals surface area contributed by atoms with Crippen LogP contribution in [0.5, 0.6) is 5.75 Å². The van der Waals surface area contributed by atoms with Gasteiger partial charge in [0.05, 0.1) is 15.2 Å². The van der Waals surface area contributed by atoms with Crippen molar-refractivity contribution in [2.75, 3.05) is 11.9 Å². The number of nitrogens with one attached hydrogen (secondary N) is 1. The number of amidine groups is 1. The molecule has 0 bridgehead atoms. The third-order valence-electron chi connectivity index (χ3n) is 3.42. The van der Waals surface area contributed by atoms with Crippen LogP contribution in [0.1, 0.15) is 5.69 Å². The van der Waals surface area contributed by atoms with E-state index in [1.807, 2.05) is 0 Å². The first-order chi connectivity index (χ1) is 13.8. The van der Waals surface area contributed by atoms with Gasteiger partial charge in [-0.05, 0) is 56.6 Å². The van der Waals surface area contributed by atoms with Crippen LogP contribution in [0, 0.1) is 5.82 Å². The number of halogens is 4. The molecule has 12 heteroatoms. The molecule has 0 unspecified atom stereocenters. The van der Waals surface area contributed by atoms with Gasteiger partial charge in [-0.2, -0.15) is 0 Å². The second-order valence-electron chi connectivity index (χ2n) is 5.45. The lowest BCUT2D eigenvalue weighted by Gasteiger charge is -2.08. The van der Waals surface area contributed by atoms with Crippen LogP contribution in [0.3, 0.4) is 0 Å². The van der Waals surface area contributed by atoms with Gasteiger partial charge in [-0.1, -0.05) is 29.3 Å². The maximum absolute atomic E-state index is 13.3. The molecular weight excluding hydrogens is 492 g/mol. The number of rotatable bonds is 6. The van der Waals surface area contributed by atoms with Crippen LogP contribution >= 0.6 is 39.1 Å². The second-order valence-corrected chi connectivity index (χ2v) is 7.09. The van der Waals surface area contributed by atoms with Crippen LogP contribution in [0.15, 0.2) is 50.5 Å². The van der Waals surface area contributed by atoms with Gasteiger partial charge in [-0.25, -0.2) is 14.0 Å². The standard InChI is InChI=1S/C17H11BrCl2FN5O3/c18-9-6-8(4-5-11(9)21)23-16(22)15-17(26-29-25-15)24-13(27)7-28-12-3-1-2-10(19)14(12)20/h1-6H,7H2,(H2,22,23)(H,24,26,27). The van der Waals surface area contributed by atoms with E-state index in [1.54, 1.807) is 18.2 Å².